The van der Waals surface area contributed by atoms with Gasteiger partial charge in [-0.05, 0) is 19.9 Å². The van der Waals surface area contributed by atoms with Crippen LogP contribution in [0.25, 0.3) is 10.9 Å². The third-order valence-corrected chi connectivity index (χ3v) is 1.81. The van der Waals surface area contributed by atoms with Crippen LogP contribution in [0.15, 0.2) is 30.5 Å². The van der Waals surface area contributed by atoms with E-state index >= 15 is 0 Å². The summed E-state index contributed by atoms with van der Waals surface area (Å²) in [6, 6.07) is 8.29. The summed E-state index contributed by atoms with van der Waals surface area (Å²) in [5.74, 6) is 0. The highest BCUT2D eigenvalue weighted by Crippen LogP contribution is 2.13. The van der Waals surface area contributed by atoms with E-state index in [0.717, 1.165) is 10.9 Å². The maximum absolute atomic E-state index is 5.40. The SMILES string of the molecule is CC(C)Oc1ncc2ccccc2n1. The summed E-state index contributed by atoms with van der Waals surface area (Å²) in [4.78, 5) is 8.40. The first-order valence-corrected chi connectivity index (χ1v) is 4.64. The van der Waals surface area contributed by atoms with E-state index in [-0.39, 0.29) is 6.10 Å². The van der Waals surface area contributed by atoms with Crippen molar-refractivity contribution in [2.45, 2.75) is 20.0 Å². The molecule has 2 aromatic rings. The summed E-state index contributed by atoms with van der Waals surface area (Å²) in [6.07, 6.45) is 1.89. The van der Waals surface area contributed by atoms with Gasteiger partial charge in [0, 0.05) is 11.6 Å². The fourth-order valence-electron chi connectivity index (χ4n) is 1.22. The summed E-state index contributed by atoms with van der Waals surface area (Å²) in [7, 11) is 0. The molecule has 1 heterocycles. The number of benzene rings is 1. The van der Waals surface area contributed by atoms with E-state index in [2.05, 4.69) is 9.97 Å². The minimum atomic E-state index is 0.108. The lowest BCUT2D eigenvalue weighted by Gasteiger charge is -2.07. The van der Waals surface area contributed by atoms with Gasteiger partial charge in [-0.1, -0.05) is 18.2 Å². The summed E-state index contributed by atoms with van der Waals surface area (Å²) in [5.41, 5.74) is 0.915. The van der Waals surface area contributed by atoms with Crippen molar-refractivity contribution in [3.05, 3.63) is 30.5 Å². The second-order valence-corrected chi connectivity index (χ2v) is 3.38. The zero-order chi connectivity index (χ0) is 9.97. The zero-order valence-electron chi connectivity index (χ0n) is 8.27. The molecule has 3 heteroatoms. The molecule has 0 bridgehead atoms. The predicted octanol–water partition coefficient (Wildman–Crippen LogP) is 2.42. The smallest absolute Gasteiger partial charge is 0.317 e. The van der Waals surface area contributed by atoms with Gasteiger partial charge < -0.3 is 4.74 Å². The monoisotopic (exact) mass is 188 g/mol. The number of para-hydroxylation sites is 1. The van der Waals surface area contributed by atoms with Crippen molar-refractivity contribution in [1.29, 1.82) is 0 Å². The molecule has 0 radical (unpaired) electrons. The van der Waals surface area contributed by atoms with Crippen LogP contribution in [-0.2, 0) is 0 Å². The zero-order valence-corrected chi connectivity index (χ0v) is 8.27. The van der Waals surface area contributed by atoms with Crippen LogP contribution in [0.1, 0.15) is 13.8 Å². The molecule has 0 aliphatic heterocycles. The van der Waals surface area contributed by atoms with Crippen molar-refractivity contribution in [3.8, 4) is 6.01 Å². The molecule has 0 N–H and O–H groups in total. The molecule has 0 spiro atoms. The van der Waals surface area contributed by atoms with Gasteiger partial charge in [0.05, 0.1) is 11.6 Å². The van der Waals surface area contributed by atoms with Gasteiger partial charge in [0.1, 0.15) is 0 Å². The van der Waals surface area contributed by atoms with Crippen LogP contribution in [-0.4, -0.2) is 16.1 Å². The average molecular weight is 188 g/mol. The fraction of sp³-hybridized carbons (Fsp3) is 0.273. The van der Waals surface area contributed by atoms with Crippen LogP contribution >= 0.6 is 0 Å². The maximum atomic E-state index is 5.40. The van der Waals surface area contributed by atoms with Crippen LogP contribution in [0.5, 0.6) is 6.01 Å². The summed E-state index contributed by atoms with van der Waals surface area (Å²) in [6.45, 7) is 3.91. The van der Waals surface area contributed by atoms with E-state index in [0.29, 0.717) is 6.01 Å². The van der Waals surface area contributed by atoms with E-state index < -0.39 is 0 Å². The number of rotatable bonds is 2. The molecule has 3 nitrogen and oxygen atoms in total. The molecule has 0 saturated carbocycles. The molecule has 2 rings (SSSR count). The summed E-state index contributed by atoms with van der Waals surface area (Å²) >= 11 is 0. The standard InChI is InChI=1S/C11H12N2O/c1-8(2)14-11-12-7-9-5-3-4-6-10(9)13-11/h3-8H,1-2H3. The van der Waals surface area contributed by atoms with Crippen LogP contribution in [0.4, 0.5) is 0 Å². The van der Waals surface area contributed by atoms with Gasteiger partial charge in [0.25, 0.3) is 0 Å². The number of hydrogen-bond donors (Lipinski definition) is 0. The van der Waals surface area contributed by atoms with E-state index in [1.807, 2.05) is 38.1 Å². The molecule has 0 saturated heterocycles. The van der Waals surface area contributed by atoms with Gasteiger partial charge in [-0.25, -0.2) is 4.98 Å². The second kappa shape index (κ2) is 3.62. The second-order valence-electron chi connectivity index (χ2n) is 3.38. The molecule has 0 atom stereocenters. The number of ether oxygens (including phenoxy) is 1. The molecule has 1 aromatic heterocycles. The molecular formula is C11H12N2O. The average Bonchev–Trinajstić information content (AvgIpc) is 2.17. The van der Waals surface area contributed by atoms with Gasteiger partial charge >= 0.3 is 6.01 Å². The lowest BCUT2D eigenvalue weighted by atomic mass is 10.2. The molecule has 0 unspecified atom stereocenters. The van der Waals surface area contributed by atoms with Gasteiger partial charge in [-0.15, -0.1) is 0 Å². The van der Waals surface area contributed by atoms with Gasteiger partial charge in [-0.2, -0.15) is 4.98 Å². The molecule has 0 amide bonds. The lowest BCUT2D eigenvalue weighted by molar-refractivity contribution is 0.223. The lowest BCUT2D eigenvalue weighted by Crippen LogP contribution is -2.08. The minimum absolute atomic E-state index is 0.108. The molecule has 0 aliphatic carbocycles. The Kier molecular flexibility index (Phi) is 2.31. The van der Waals surface area contributed by atoms with Gasteiger partial charge in [0.2, 0.25) is 0 Å². The quantitative estimate of drug-likeness (QED) is 0.726. The Morgan fingerprint density at radius 1 is 1.21 bits per heavy atom. The third-order valence-electron chi connectivity index (χ3n) is 1.81. The third kappa shape index (κ3) is 1.82. The van der Waals surface area contributed by atoms with E-state index in [9.17, 15) is 0 Å². The highest BCUT2D eigenvalue weighted by Gasteiger charge is 2.01. The number of nitrogens with zero attached hydrogens (tertiary/aromatic N) is 2. The first-order chi connectivity index (χ1) is 6.75. The van der Waals surface area contributed by atoms with Gasteiger partial charge in [-0.3, -0.25) is 0 Å². The molecular weight excluding hydrogens is 176 g/mol. The fourth-order valence-corrected chi connectivity index (χ4v) is 1.22. The van der Waals surface area contributed by atoms with E-state index in [1.165, 1.54) is 0 Å². The minimum Gasteiger partial charge on any atom is -0.461 e. The Hall–Kier alpha value is -1.64. The van der Waals surface area contributed by atoms with Crippen LogP contribution in [0.2, 0.25) is 0 Å². The van der Waals surface area contributed by atoms with Crippen molar-refractivity contribution in [3.63, 3.8) is 0 Å². The highest BCUT2D eigenvalue weighted by atomic mass is 16.5. The van der Waals surface area contributed by atoms with Gasteiger partial charge in [0.15, 0.2) is 0 Å². The van der Waals surface area contributed by atoms with Crippen molar-refractivity contribution in [2.24, 2.45) is 0 Å². The Balaban J connectivity index is 2.41. The number of aromatic nitrogens is 2. The Bertz CT molecular complexity index is 440. The highest BCUT2D eigenvalue weighted by molar-refractivity contribution is 5.77. The van der Waals surface area contributed by atoms with Crippen molar-refractivity contribution in [2.75, 3.05) is 0 Å². The molecule has 0 fully saturated rings. The van der Waals surface area contributed by atoms with Crippen LogP contribution < -0.4 is 4.74 Å². The van der Waals surface area contributed by atoms with Crippen LogP contribution in [0, 0.1) is 0 Å². The van der Waals surface area contributed by atoms with Crippen molar-refractivity contribution < 1.29 is 4.74 Å². The molecule has 0 aliphatic rings. The number of hydrogen-bond acceptors (Lipinski definition) is 3. The normalized spacial score (nSPS) is 10.8. The molecule has 1 aromatic carbocycles. The predicted molar refractivity (Wildman–Crippen MR) is 55.3 cm³/mol. The largest absolute Gasteiger partial charge is 0.461 e. The van der Waals surface area contributed by atoms with E-state index in [4.69, 9.17) is 4.74 Å². The molecule has 14 heavy (non-hydrogen) atoms. The first kappa shape index (κ1) is 8.94. The summed E-state index contributed by atoms with van der Waals surface area (Å²) in [5, 5.41) is 1.03. The Morgan fingerprint density at radius 2 is 2.00 bits per heavy atom. The Morgan fingerprint density at radius 3 is 2.79 bits per heavy atom. The molecule has 72 valence electrons. The topological polar surface area (TPSA) is 35.0 Å². The first-order valence-electron chi connectivity index (χ1n) is 4.64. The Labute approximate surface area is 82.8 Å². The van der Waals surface area contributed by atoms with Crippen molar-refractivity contribution in [1.82, 2.24) is 9.97 Å². The summed E-state index contributed by atoms with van der Waals surface area (Å²) < 4.78 is 5.40. The van der Waals surface area contributed by atoms with Crippen LogP contribution in [0.3, 0.4) is 0 Å². The van der Waals surface area contributed by atoms with E-state index in [1.54, 1.807) is 6.20 Å². The maximum Gasteiger partial charge on any atom is 0.317 e. The van der Waals surface area contributed by atoms with Crippen molar-refractivity contribution >= 4 is 10.9 Å². The number of fused-ring (bicyclic) bond motifs is 1.